The molecule has 0 aliphatic carbocycles. The Balaban J connectivity index is 2.32. The number of rotatable bonds is 18. The number of Topliss-reactive ketones (excluding diaryl/α,β-unsaturated/α-hetero) is 2. The summed E-state index contributed by atoms with van der Waals surface area (Å²) in [6.45, 7) is 5.78. The Bertz CT molecular complexity index is 1230. The number of benzene rings is 2. The Morgan fingerprint density at radius 2 is 1.29 bits per heavy atom. The Morgan fingerprint density at radius 1 is 0.738 bits per heavy atom. The molecule has 3 unspecified atom stereocenters. The molecular weight excluding hydrogens is 536 g/mol. The van der Waals surface area contributed by atoms with Crippen LogP contribution in [0.1, 0.15) is 99.3 Å². The average molecular weight is 581 g/mol. The molecule has 0 aliphatic heterocycles. The minimum Gasteiger partial charge on any atom is -0.461 e. The topological polar surface area (TPSA) is 171 Å². The van der Waals surface area contributed by atoms with Gasteiger partial charge in [-0.05, 0) is 49.9 Å². The summed E-state index contributed by atoms with van der Waals surface area (Å²) >= 11 is 0. The van der Waals surface area contributed by atoms with Crippen LogP contribution in [0, 0.1) is 0 Å². The van der Waals surface area contributed by atoms with Gasteiger partial charge in [-0.15, -0.1) is 0 Å². The first-order valence-corrected chi connectivity index (χ1v) is 14.7. The van der Waals surface area contributed by atoms with Crippen LogP contribution in [0.3, 0.4) is 0 Å². The molecule has 6 N–H and O–H groups in total. The number of ether oxygens (including phenoxy) is 1. The smallest absolute Gasteiger partial charge is 0.329 e. The number of carbonyl (C=O) groups is 5. The van der Waals surface area contributed by atoms with Crippen LogP contribution in [-0.2, 0) is 19.1 Å². The Kier molecular flexibility index (Phi) is 14.2. The minimum atomic E-state index is -1.37. The van der Waals surface area contributed by atoms with Gasteiger partial charge in [-0.2, -0.15) is 0 Å². The van der Waals surface area contributed by atoms with Crippen LogP contribution in [0.25, 0.3) is 0 Å². The van der Waals surface area contributed by atoms with Gasteiger partial charge in [0.15, 0.2) is 11.6 Å². The zero-order valence-corrected chi connectivity index (χ0v) is 24.8. The van der Waals surface area contributed by atoms with Crippen molar-refractivity contribution in [2.24, 2.45) is 0 Å². The van der Waals surface area contributed by atoms with Gasteiger partial charge in [0.2, 0.25) is 11.8 Å². The highest BCUT2D eigenvalue weighted by molar-refractivity contribution is 6.05. The second-order valence-electron chi connectivity index (χ2n) is 10.3. The van der Waals surface area contributed by atoms with Crippen LogP contribution >= 0.6 is 0 Å². The van der Waals surface area contributed by atoms with Gasteiger partial charge in [-0.1, -0.05) is 57.9 Å². The first kappa shape index (κ1) is 34.0. The van der Waals surface area contributed by atoms with Gasteiger partial charge >= 0.3 is 5.97 Å². The van der Waals surface area contributed by atoms with Crippen molar-refractivity contribution in [2.45, 2.75) is 96.7 Å². The molecule has 0 heterocycles. The van der Waals surface area contributed by atoms with E-state index in [1.807, 2.05) is 13.8 Å². The number of carbonyl (C=O) groups excluding carboxylic acids is 5. The lowest BCUT2D eigenvalue weighted by Crippen LogP contribution is -2.53. The third kappa shape index (κ3) is 10.6. The van der Waals surface area contributed by atoms with Gasteiger partial charge in [-0.25, -0.2) is 4.79 Å². The predicted octanol–water partition coefficient (Wildman–Crippen LogP) is 4.37. The summed E-state index contributed by atoms with van der Waals surface area (Å²) in [6, 6.07) is 10.2. The van der Waals surface area contributed by atoms with E-state index < -0.39 is 54.3 Å². The second-order valence-corrected chi connectivity index (χ2v) is 10.3. The molecule has 3 atom stereocenters. The highest BCUT2D eigenvalue weighted by Crippen LogP contribution is 2.18. The quantitative estimate of drug-likeness (QED) is 0.0871. The first-order valence-electron chi connectivity index (χ1n) is 14.7. The normalized spacial score (nSPS) is 12.9. The minimum absolute atomic E-state index is 0.138. The van der Waals surface area contributed by atoms with Crippen molar-refractivity contribution in [2.75, 3.05) is 11.5 Å². The summed E-state index contributed by atoms with van der Waals surface area (Å²) in [4.78, 5) is 65.7. The van der Waals surface area contributed by atoms with Crippen molar-refractivity contribution in [1.82, 2.24) is 10.6 Å². The molecule has 2 aromatic carbocycles. The van der Waals surface area contributed by atoms with Gasteiger partial charge in [0, 0.05) is 41.8 Å². The van der Waals surface area contributed by atoms with Crippen molar-refractivity contribution < 1.29 is 28.7 Å². The molecule has 228 valence electrons. The van der Waals surface area contributed by atoms with E-state index in [1.54, 1.807) is 36.4 Å². The Labute approximate surface area is 247 Å². The maximum absolute atomic E-state index is 13.5. The number of amides is 2. The predicted molar refractivity (Wildman–Crippen MR) is 163 cm³/mol. The Hall–Kier alpha value is -4.21. The molecule has 2 aromatic rings. The van der Waals surface area contributed by atoms with Crippen LogP contribution in [-0.4, -0.2) is 47.5 Å². The van der Waals surface area contributed by atoms with Crippen LogP contribution < -0.4 is 22.1 Å². The fraction of sp³-hybridized carbons (Fsp3) is 0.469. The second kappa shape index (κ2) is 17.6. The van der Waals surface area contributed by atoms with Crippen molar-refractivity contribution >= 4 is 40.7 Å². The summed E-state index contributed by atoms with van der Waals surface area (Å²) in [5.41, 5.74) is 12.8. The molecule has 0 aromatic heterocycles. The molecule has 10 heteroatoms. The standard InChI is InChI=1S/C32H44N4O6/c1-4-7-8-14-21(6-3)42-32(41)27(20-29(38)23-16-10-12-18-25(23)34)36-31(40)26(35-30(39)13-5-2)19-28(37)22-15-9-11-17-24(22)33/h9-12,15-18,21,26-27H,4-8,13-14,19-20,33-34H2,1-3H3,(H,35,39)(H,36,40). The molecule has 0 saturated carbocycles. The first-order chi connectivity index (χ1) is 20.1. The van der Waals surface area contributed by atoms with E-state index in [0.717, 1.165) is 19.3 Å². The third-order valence-electron chi connectivity index (χ3n) is 6.90. The number of para-hydroxylation sites is 2. The molecule has 0 aliphatic rings. The molecule has 0 spiro atoms. The third-order valence-corrected chi connectivity index (χ3v) is 6.90. The molecular formula is C32H44N4O6. The molecule has 2 rings (SSSR count). The van der Waals surface area contributed by atoms with Crippen molar-refractivity contribution in [3.05, 3.63) is 59.7 Å². The van der Waals surface area contributed by atoms with Gasteiger partial charge in [0.25, 0.3) is 0 Å². The number of nitrogens with one attached hydrogen (secondary N) is 2. The van der Waals surface area contributed by atoms with E-state index in [9.17, 15) is 24.0 Å². The summed E-state index contributed by atoms with van der Waals surface area (Å²) in [6.07, 6.45) is 3.55. The number of unbranched alkanes of at least 4 members (excludes halogenated alkanes) is 2. The number of hydrogen-bond acceptors (Lipinski definition) is 8. The maximum Gasteiger partial charge on any atom is 0.329 e. The van der Waals surface area contributed by atoms with E-state index in [4.69, 9.17) is 16.2 Å². The number of nitrogens with two attached hydrogens (primary N) is 2. The lowest BCUT2D eigenvalue weighted by atomic mass is 9.99. The summed E-state index contributed by atoms with van der Waals surface area (Å²) in [7, 11) is 0. The zero-order valence-electron chi connectivity index (χ0n) is 24.8. The van der Waals surface area contributed by atoms with Crippen molar-refractivity contribution in [1.29, 1.82) is 0 Å². The van der Waals surface area contributed by atoms with Crippen LogP contribution in [0.4, 0.5) is 11.4 Å². The van der Waals surface area contributed by atoms with E-state index >= 15 is 0 Å². The van der Waals surface area contributed by atoms with Gasteiger partial charge < -0.3 is 26.8 Å². The number of nitrogen functional groups attached to an aromatic ring is 2. The largest absolute Gasteiger partial charge is 0.461 e. The van der Waals surface area contributed by atoms with E-state index in [0.29, 0.717) is 19.3 Å². The SMILES string of the molecule is CCCCCC(CC)OC(=O)C(CC(=O)c1ccccc1N)NC(=O)C(CC(=O)c1ccccc1N)NC(=O)CCC. The molecule has 42 heavy (non-hydrogen) atoms. The van der Waals surface area contributed by atoms with Gasteiger partial charge in [-0.3, -0.25) is 19.2 Å². The Morgan fingerprint density at radius 3 is 1.79 bits per heavy atom. The van der Waals surface area contributed by atoms with E-state index in [1.165, 1.54) is 12.1 Å². The lowest BCUT2D eigenvalue weighted by molar-refractivity contribution is -0.153. The van der Waals surface area contributed by atoms with Crippen LogP contribution in [0.5, 0.6) is 0 Å². The highest BCUT2D eigenvalue weighted by atomic mass is 16.5. The molecule has 10 nitrogen and oxygen atoms in total. The number of ketones is 2. The highest BCUT2D eigenvalue weighted by Gasteiger charge is 2.32. The number of hydrogen-bond donors (Lipinski definition) is 4. The molecule has 0 bridgehead atoms. The van der Waals surface area contributed by atoms with Gasteiger partial charge in [0.05, 0.1) is 0 Å². The van der Waals surface area contributed by atoms with Gasteiger partial charge in [0.1, 0.15) is 18.2 Å². The number of anilines is 2. The van der Waals surface area contributed by atoms with E-state index in [-0.39, 0.29) is 35.0 Å². The average Bonchev–Trinajstić information content (AvgIpc) is 2.96. The molecule has 0 saturated heterocycles. The van der Waals surface area contributed by atoms with Crippen molar-refractivity contribution in [3.63, 3.8) is 0 Å². The van der Waals surface area contributed by atoms with Crippen LogP contribution in [0.2, 0.25) is 0 Å². The summed E-state index contributed by atoms with van der Waals surface area (Å²) in [5, 5.41) is 5.17. The fourth-order valence-electron chi connectivity index (χ4n) is 4.48. The van der Waals surface area contributed by atoms with Crippen molar-refractivity contribution in [3.8, 4) is 0 Å². The molecule has 0 fully saturated rings. The van der Waals surface area contributed by atoms with E-state index in [2.05, 4.69) is 17.6 Å². The zero-order chi connectivity index (χ0) is 31.1. The van der Waals surface area contributed by atoms with Crippen LogP contribution in [0.15, 0.2) is 48.5 Å². The maximum atomic E-state index is 13.5. The number of esters is 1. The fourth-order valence-corrected chi connectivity index (χ4v) is 4.48. The lowest BCUT2D eigenvalue weighted by Gasteiger charge is -2.24. The monoisotopic (exact) mass is 580 g/mol. The summed E-state index contributed by atoms with van der Waals surface area (Å²) < 4.78 is 5.73. The summed E-state index contributed by atoms with van der Waals surface area (Å²) in [5.74, 6) is -2.92. The molecule has 0 radical (unpaired) electrons. The molecule has 2 amide bonds.